The summed E-state index contributed by atoms with van der Waals surface area (Å²) in [6.45, 7) is 2.76. The maximum Gasteiger partial charge on any atom is 0.267 e. The molecule has 1 atom stereocenters. The molecule has 0 aliphatic heterocycles. The van der Waals surface area contributed by atoms with Gasteiger partial charge in [-0.05, 0) is 30.2 Å². The normalized spacial score (nSPS) is 12.1. The van der Waals surface area contributed by atoms with Crippen LogP contribution >= 0.6 is 0 Å². The molecule has 4 nitrogen and oxygen atoms in total. The maximum atomic E-state index is 12.4. The van der Waals surface area contributed by atoms with Crippen LogP contribution in [-0.4, -0.2) is 24.5 Å². The van der Waals surface area contributed by atoms with Crippen LogP contribution in [0.4, 0.5) is 0 Å². The average molecular weight is 322 g/mol. The van der Waals surface area contributed by atoms with Crippen LogP contribution in [0.3, 0.4) is 0 Å². The smallest absolute Gasteiger partial charge is 0.267 e. The number of aromatic amines is 1. The van der Waals surface area contributed by atoms with E-state index in [1.807, 2.05) is 42.5 Å². The van der Waals surface area contributed by atoms with E-state index in [9.17, 15) is 4.79 Å². The third-order valence-corrected chi connectivity index (χ3v) is 4.35. The van der Waals surface area contributed by atoms with E-state index in [4.69, 9.17) is 4.74 Å². The summed E-state index contributed by atoms with van der Waals surface area (Å²) in [6.07, 6.45) is 0.980. The Bertz CT molecular complexity index is 824. The van der Waals surface area contributed by atoms with Gasteiger partial charge >= 0.3 is 0 Å². The highest BCUT2D eigenvalue weighted by Gasteiger charge is 2.13. The lowest BCUT2D eigenvalue weighted by Gasteiger charge is -2.15. The molecule has 2 aromatic carbocycles. The molecule has 2 N–H and O–H groups in total. The van der Waals surface area contributed by atoms with Crippen LogP contribution < -0.4 is 10.1 Å². The molecule has 1 aromatic heterocycles. The maximum absolute atomic E-state index is 12.4. The molecule has 0 saturated carbocycles. The van der Waals surface area contributed by atoms with Crippen LogP contribution in [0, 0.1) is 0 Å². The van der Waals surface area contributed by atoms with Crippen molar-refractivity contribution in [2.75, 3.05) is 13.7 Å². The van der Waals surface area contributed by atoms with Crippen LogP contribution in [0.25, 0.3) is 10.9 Å². The number of rotatable bonds is 6. The highest BCUT2D eigenvalue weighted by molar-refractivity contribution is 5.98. The van der Waals surface area contributed by atoms with E-state index >= 15 is 0 Å². The fraction of sp³-hybridized carbons (Fsp3) is 0.250. The van der Waals surface area contributed by atoms with Gasteiger partial charge in [-0.25, -0.2) is 0 Å². The van der Waals surface area contributed by atoms with Crippen LogP contribution in [0.1, 0.15) is 35.3 Å². The summed E-state index contributed by atoms with van der Waals surface area (Å²) >= 11 is 0. The van der Waals surface area contributed by atoms with Gasteiger partial charge in [0.1, 0.15) is 11.4 Å². The van der Waals surface area contributed by atoms with Gasteiger partial charge in [0.25, 0.3) is 5.91 Å². The predicted octanol–water partition coefficient (Wildman–Crippen LogP) is 4.10. The molecule has 0 spiro atoms. The quantitative estimate of drug-likeness (QED) is 0.718. The summed E-state index contributed by atoms with van der Waals surface area (Å²) in [5.74, 6) is 1.01. The summed E-state index contributed by atoms with van der Waals surface area (Å²) in [7, 11) is 1.63. The highest BCUT2D eigenvalue weighted by atomic mass is 16.5. The Morgan fingerprint density at radius 1 is 1.17 bits per heavy atom. The molecule has 1 unspecified atom stereocenters. The summed E-state index contributed by atoms with van der Waals surface area (Å²) in [5, 5.41) is 4.03. The van der Waals surface area contributed by atoms with Crippen LogP contribution in [0.5, 0.6) is 5.75 Å². The zero-order valence-corrected chi connectivity index (χ0v) is 14.0. The average Bonchev–Trinajstić information content (AvgIpc) is 3.06. The molecule has 1 heterocycles. The van der Waals surface area contributed by atoms with Gasteiger partial charge in [-0.15, -0.1) is 0 Å². The second-order valence-corrected chi connectivity index (χ2v) is 5.86. The van der Waals surface area contributed by atoms with Crippen LogP contribution in [0.15, 0.2) is 54.6 Å². The molecule has 0 bridgehead atoms. The van der Waals surface area contributed by atoms with Gasteiger partial charge < -0.3 is 15.0 Å². The minimum Gasteiger partial charge on any atom is -0.497 e. The number of fused-ring (bicyclic) bond motifs is 1. The van der Waals surface area contributed by atoms with E-state index < -0.39 is 0 Å². The molecule has 0 saturated heterocycles. The molecule has 3 aromatic rings. The number of H-pyrrole nitrogens is 1. The third-order valence-electron chi connectivity index (χ3n) is 4.35. The second kappa shape index (κ2) is 7.21. The van der Waals surface area contributed by atoms with Crippen molar-refractivity contribution < 1.29 is 9.53 Å². The van der Waals surface area contributed by atoms with Crippen LogP contribution in [0.2, 0.25) is 0 Å². The number of methoxy groups -OCH3 is 1. The second-order valence-electron chi connectivity index (χ2n) is 5.86. The van der Waals surface area contributed by atoms with Crippen molar-refractivity contribution >= 4 is 16.8 Å². The number of nitrogens with one attached hydrogen (secondary N) is 2. The van der Waals surface area contributed by atoms with Gasteiger partial charge in [0.05, 0.1) is 7.11 Å². The first kappa shape index (κ1) is 16.1. The largest absolute Gasteiger partial charge is 0.497 e. The van der Waals surface area contributed by atoms with Gasteiger partial charge in [-0.1, -0.05) is 37.3 Å². The lowest BCUT2D eigenvalue weighted by atomic mass is 9.96. The van der Waals surface area contributed by atoms with Crippen molar-refractivity contribution in [2.24, 2.45) is 0 Å². The number of carbonyl (C=O) groups excluding carboxylic acids is 1. The summed E-state index contributed by atoms with van der Waals surface area (Å²) in [4.78, 5) is 15.6. The molecule has 124 valence electrons. The molecule has 1 amide bonds. The fourth-order valence-corrected chi connectivity index (χ4v) is 2.89. The van der Waals surface area contributed by atoms with E-state index in [0.717, 1.165) is 23.1 Å². The van der Waals surface area contributed by atoms with Crippen molar-refractivity contribution in [3.8, 4) is 5.75 Å². The van der Waals surface area contributed by atoms with Crippen LogP contribution in [-0.2, 0) is 0 Å². The molecular weight excluding hydrogens is 300 g/mol. The van der Waals surface area contributed by atoms with Crippen molar-refractivity contribution in [3.05, 3.63) is 65.9 Å². The molecule has 3 rings (SSSR count). The van der Waals surface area contributed by atoms with E-state index in [2.05, 4.69) is 29.4 Å². The first-order valence-corrected chi connectivity index (χ1v) is 8.21. The Morgan fingerprint density at radius 2 is 1.96 bits per heavy atom. The lowest BCUT2D eigenvalue weighted by Crippen LogP contribution is -2.28. The minimum absolute atomic E-state index is 0.0838. The summed E-state index contributed by atoms with van der Waals surface area (Å²) < 4.78 is 5.21. The lowest BCUT2D eigenvalue weighted by molar-refractivity contribution is 0.0946. The van der Waals surface area contributed by atoms with Gasteiger partial charge in [0.15, 0.2) is 0 Å². The topological polar surface area (TPSA) is 54.1 Å². The fourth-order valence-electron chi connectivity index (χ4n) is 2.89. The Balaban J connectivity index is 1.70. The first-order chi connectivity index (χ1) is 11.7. The Hall–Kier alpha value is -2.75. The predicted molar refractivity (Wildman–Crippen MR) is 96.7 cm³/mol. The van der Waals surface area contributed by atoms with Crippen molar-refractivity contribution in [3.63, 3.8) is 0 Å². The molecule has 0 fully saturated rings. The zero-order chi connectivity index (χ0) is 16.9. The number of carbonyl (C=O) groups is 1. The first-order valence-electron chi connectivity index (χ1n) is 8.21. The van der Waals surface area contributed by atoms with Crippen molar-refractivity contribution in [1.82, 2.24) is 10.3 Å². The van der Waals surface area contributed by atoms with Crippen molar-refractivity contribution in [2.45, 2.75) is 19.3 Å². The molecule has 4 heteroatoms. The molecule has 0 aliphatic rings. The summed E-state index contributed by atoms with van der Waals surface area (Å²) in [6, 6.07) is 17.9. The molecular formula is C20H22N2O2. The standard InChI is InChI=1S/C20H22N2O2/c1-3-14(15-7-5-4-6-8-15)13-21-20(23)19-11-16-9-10-17(24-2)12-18(16)22-19/h4-12,14,22H,3,13H2,1-2H3,(H,21,23). The van der Waals surface area contributed by atoms with Gasteiger partial charge in [-0.3, -0.25) is 4.79 Å². The zero-order valence-electron chi connectivity index (χ0n) is 14.0. The Morgan fingerprint density at radius 3 is 2.67 bits per heavy atom. The molecule has 0 radical (unpaired) electrons. The SMILES string of the molecule is CCC(CNC(=O)c1cc2ccc(OC)cc2[nH]1)c1ccccc1. The van der Waals surface area contributed by atoms with Crippen molar-refractivity contribution in [1.29, 1.82) is 0 Å². The van der Waals surface area contributed by atoms with E-state index in [0.29, 0.717) is 18.2 Å². The van der Waals surface area contributed by atoms with E-state index in [-0.39, 0.29) is 5.91 Å². The minimum atomic E-state index is -0.0838. The van der Waals surface area contributed by atoms with Gasteiger partial charge in [0, 0.05) is 29.4 Å². The number of benzene rings is 2. The van der Waals surface area contributed by atoms with Gasteiger partial charge in [0.2, 0.25) is 0 Å². The van der Waals surface area contributed by atoms with E-state index in [1.54, 1.807) is 7.11 Å². The Kier molecular flexibility index (Phi) is 4.85. The number of hydrogen-bond acceptors (Lipinski definition) is 2. The number of hydrogen-bond donors (Lipinski definition) is 2. The number of aromatic nitrogens is 1. The monoisotopic (exact) mass is 322 g/mol. The number of ether oxygens (including phenoxy) is 1. The molecule has 24 heavy (non-hydrogen) atoms. The van der Waals surface area contributed by atoms with Gasteiger partial charge in [-0.2, -0.15) is 0 Å². The molecule has 0 aliphatic carbocycles. The Labute approximate surface area is 141 Å². The highest BCUT2D eigenvalue weighted by Crippen LogP contribution is 2.22. The summed E-state index contributed by atoms with van der Waals surface area (Å²) in [5.41, 5.74) is 2.72. The third kappa shape index (κ3) is 3.43. The number of amides is 1. The van der Waals surface area contributed by atoms with E-state index in [1.165, 1.54) is 5.56 Å².